The summed E-state index contributed by atoms with van der Waals surface area (Å²) in [6.07, 6.45) is 5.12. The van der Waals surface area contributed by atoms with E-state index >= 15 is 0 Å². The highest BCUT2D eigenvalue weighted by Crippen LogP contribution is 2.58. The van der Waals surface area contributed by atoms with Crippen molar-refractivity contribution in [1.29, 1.82) is 0 Å². The molecule has 0 amide bonds. The van der Waals surface area contributed by atoms with Crippen LogP contribution in [0.25, 0.3) is 0 Å². The maximum atomic E-state index is 10.1. The molecule has 4 rings (SSSR count). The summed E-state index contributed by atoms with van der Waals surface area (Å²) < 4.78 is 6.17. The van der Waals surface area contributed by atoms with Crippen LogP contribution in [-0.2, 0) is 5.41 Å². The average molecular weight is 259 g/mol. The molecule has 3 heteroatoms. The Hall–Kier alpha value is -1.22. The number of aromatic hydroxyl groups is 1. The zero-order valence-electron chi connectivity index (χ0n) is 11.4. The summed E-state index contributed by atoms with van der Waals surface area (Å²) in [7, 11) is 2.22. The van der Waals surface area contributed by atoms with E-state index in [1.807, 2.05) is 6.07 Å². The molecule has 0 aromatic heterocycles. The Morgan fingerprint density at radius 2 is 2.26 bits per heavy atom. The highest BCUT2D eigenvalue weighted by Gasteiger charge is 2.57. The lowest BCUT2D eigenvalue weighted by molar-refractivity contribution is -0.000158. The summed E-state index contributed by atoms with van der Waals surface area (Å²) in [5.41, 5.74) is 1.44. The first kappa shape index (κ1) is 11.6. The molecule has 1 aromatic carbocycles. The lowest BCUT2D eigenvalue weighted by atomic mass is 9.58. The second-order valence-corrected chi connectivity index (χ2v) is 6.44. The monoisotopic (exact) mass is 259 g/mol. The lowest BCUT2D eigenvalue weighted by Crippen LogP contribution is -2.55. The van der Waals surface area contributed by atoms with Gasteiger partial charge in [0.1, 0.15) is 6.10 Å². The van der Waals surface area contributed by atoms with Gasteiger partial charge in [0, 0.05) is 17.5 Å². The number of rotatable bonds is 0. The van der Waals surface area contributed by atoms with E-state index in [2.05, 4.69) is 18.0 Å². The fourth-order valence-corrected chi connectivity index (χ4v) is 4.64. The maximum Gasteiger partial charge on any atom is 0.165 e. The smallest absolute Gasteiger partial charge is 0.165 e. The summed E-state index contributed by atoms with van der Waals surface area (Å²) in [5.74, 6) is 1.76. The van der Waals surface area contributed by atoms with Gasteiger partial charge in [-0.05, 0) is 51.3 Å². The van der Waals surface area contributed by atoms with Crippen molar-refractivity contribution in [2.24, 2.45) is 5.92 Å². The van der Waals surface area contributed by atoms with Gasteiger partial charge >= 0.3 is 0 Å². The van der Waals surface area contributed by atoms with E-state index in [0.29, 0.717) is 11.7 Å². The Morgan fingerprint density at radius 1 is 1.37 bits per heavy atom. The summed E-state index contributed by atoms with van der Waals surface area (Å²) in [4.78, 5) is 2.44. The number of phenolic OH excluding ortho intramolecular Hbond substituents is 1. The Balaban J connectivity index is 1.86. The second kappa shape index (κ2) is 3.89. The molecule has 3 nitrogen and oxygen atoms in total. The van der Waals surface area contributed by atoms with E-state index in [4.69, 9.17) is 4.74 Å². The minimum Gasteiger partial charge on any atom is -0.504 e. The van der Waals surface area contributed by atoms with E-state index < -0.39 is 0 Å². The molecule has 2 fully saturated rings. The highest BCUT2D eigenvalue weighted by molar-refractivity contribution is 5.54. The van der Waals surface area contributed by atoms with Gasteiger partial charge in [0.2, 0.25) is 0 Å². The Labute approximate surface area is 114 Å². The third-order valence-electron chi connectivity index (χ3n) is 5.52. The van der Waals surface area contributed by atoms with Gasteiger partial charge in [-0.1, -0.05) is 12.1 Å². The molecule has 1 spiro atoms. The van der Waals surface area contributed by atoms with Crippen molar-refractivity contribution in [2.45, 2.75) is 37.2 Å². The van der Waals surface area contributed by atoms with Crippen molar-refractivity contribution in [3.05, 3.63) is 23.8 Å². The van der Waals surface area contributed by atoms with Crippen LogP contribution in [0.3, 0.4) is 0 Å². The summed E-state index contributed by atoms with van der Waals surface area (Å²) >= 11 is 0. The molecule has 1 aliphatic carbocycles. The summed E-state index contributed by atoms with van der Waals surface area (Å²) in [5, 5.41) is 10.1. The van der Waals surface area contributed by atoms with Crippen LogP contribution in [-0.4, -0.2) is 36.2 Å². The van der Waals surface area contributed by atoms with E-state index in [9.17, 15) is 5.11 Å². The molecule has 0 bridgehead atoms. The number of nitrogens with zero attached hydrogens (tertiary/aromatic N) is 1. The molecule has 1 aromatic rings. The number of likely N-dealkylation sites (tertiary alicyclic amines) is 1. The molecular formula is C16H21NO2. The first-order valence-electron chi connectivity index (χ1n) is 7.39. The molecule has 2 heterocycles. The van der Waals surface area contributed by atoms with Crippen molar-refractivity contribution >= 4 is 0 Å². The van der Waals surface area contributed by atoms with Crippen LogP contribution in [0.1, 0.15) is 31.2 Å². The van der Waals surface area contributed by atoms with E-state index in [-0.39, 0.29) is 11.5 Å². The van der Waals surface area contributed by atoms with Crippen molar-refractivity contribution in [3.63, 3.8) is 0 Å². The third-order valence-corrected chi connectivity index (χ3v) is 5.52. The minimum absolute atomic E-state index is 0.166. The van der Waals surface area contributed by atoms with Gasteiger partial charge in [-0.2, -0.15) is 0 Å². The van der Waals surface area contributed by atoms with Crippen molar-refractivity contribution in [1.82, 2.24) is 4.90 Å². The van der Waals surface area contributed by atoms with Crippen LogP contribution < -0.4 is 4.74 Å². The van der Waals surface area contributed by atoms with Crippen molar-refractivity contribution in [2.75, 3.05) is 20.1 Å². The SMILES string of the molecule is CN1CCC23c4cccc(O)c4OC2CCC[C@H]3C1. The molecule has 102 valence electrons. The molecule has 1 saturated carbocycles. The number of ether oxygens (including phenoxy) is 1. The fraction of sp³-hybridized carbons (Fsp3) is 0.625. The van der Waals surface area contributed by atoms with Crippen LogP contribution in [0.4, 0.5) is 0 Å². The number of phenols is 1. The van der Waals surface area contributed by atoms with Gasteiger partial charge in [-0.3, -0.25) is 0 Å². The number of piperidine rings is 1. The lowest BCUT2D eigenvalue weighted by Gasteiger charge is -2.50. The first-order valence-corrected chi connectivity index (χ1v) is 7.39. The Morgan fingerprint density at radius 3 is 3.16 bits per heavy atom. The largest absolute Gasteiger partial charge is 0.504 e. The van der Waals surface area contributed by atoms with E-state index in [1.54, 1.807) is 6.07 Å². The van der Waals surface area contributed by atoms with Crippen LogP contribution in [0.15, 0.2) is 18.2 Å². The Kier molecular flexibility index (Phi) is 2.37. The van der Waals surface area contributed by atoms with Crippen LogP contribution >= 0.6 is 0 Å². The second-order valence-electron chi connectivity index (χ2n) is 6.44. The molecule has 3 aliphatic rings. The minimum atomic E-state index is 0.166. The zero-order valence-corrected chi connectivity index (χ0v) is 11.4. The van der Waals surface area contributed by atoms with Crippen molar-refractivity contribution < 1.29 is 9.84 Å². The number of benzene rings is 1. The highest BCUT2D eigenvalue weighted by atomic mass is 16.5. The van der Waals surface area contributed by atoms with Crippen LogP contribution in [0.2, 0.25) is 0 Å². The fourth-order valence-electron chi connectivity index (χ4n) is 4.64. The summed E-state index contributed by atoms with van der Waals surface area (Å²) in [6.45, 7) is 2.29. The quantitative estimate of drug-likeness (QED) is 0.777. The predicted molar refractivity (Wildman–Crippen MR) is 73.7 cm³/mol. The van der Waals surface area contributed by atoms with Gasteiger partial charge in [0.15, 0.2) is 11.5 Å². The molecule has 2 unspecified atom stereocenters. The predicted octanol–water partition coefficient (Wildman–Crippen LogP) is 2.53. The van der Waals surface area contributed by atoms with Gasteiger partial charge in [-0.25, -0.2) is 0 Å². The molecular weight excluding hydrogens is 238 g/mol. The average Bonchev–Trinajstić information content (AvgIpc) is 2.74. The van der Waals surface area contributed by atoms with E-state index in [0.717, 1.165) is 31.7 Å². The molecule has 2 aliphatic heterocycles. The first-order chi connectivity index (χ1) is 9.22. The third kappa shape index (κ3) is 1.42. The molecule has 1 saturated heterocycles. The number of para-hydroxylation sites is 1. The van der Waals surface area contributed by atoms with Gasteiger partial charge in [0.05, 0.1) is 0 Å². The van der Waals surface area contributed by atoms with Gasteiger partial charge < -0.3 is 14.7 Å². The molecule has 1 N–H and O–H groups in total. The van der Waals surface area contributed by atoms with E-state index in [1.165, 1.54) is 18.4 Å². The molecule has 19 heavy (non-hydrogen) atoms. The number of fused-ring (bicyclic) bond motifs is 1. The maximum absolute atomic E-state index is 10.1. The van der Waals surface area contributed by atoms with Gasteiger partial charge in [0.25, 0.3) is 0 Å². The summed E-state index contributed by atoms with van der Waals surface area (Å²) in [6, 6.07) is 5.90. The van der Waals surface area contributed by atoms with Gasteiger partial charge in [-0.15, -0.1) is 0 Å². The normalized spacial score (nSPS) is 37.1. The zero-order chi connectivity index (χ0) is 13.0. The molecule has 3 atom stereocenters. The van der Waals surface area contributed by atoms with Crippen molar-refractivity contribution in [3.8, 4) is 11.5 Å². The molecule has 0 radical (unpaired) electrons. The number of hydrogen-bond donors (Lipinski definition) is 1. The topological polar surface area (TPSA) is 32.7 Å². The Bertz CT molecular complexity index is 515. The standard InChI is InChI=1S/C16H21NO2/c1-17-9-8-16-11(10-17)4-2-7-14(16)19-15-12(16)5-3-6-13(15)18/h3,5-6,11,14,18H,2,4,7-10H2,1H3/t11-,14?,16?/m0/s1. The van der Waals surface area contributed by atoms with Crippen LogP contribution in [0, 0.1) is 5.92 Å². The number of hydrogen-bond acceptors (Lipinski definition) is 3. The van der Waals surface area contributed by atoms with Crippen LogP contribution in [0.5, 0.6) is 11.5 Å².